The van der Waals surface area contributed by atoms with E-state index in [1.54, 1.807) is 21.3 Å². The summed E-state index contributed by atoms with van der Waals surface area (Å²) in [5.74, 6) is 1.36. The second-order valence-electron chi connectivity index (χ2n) is 13.8. The lowest BCUT2D eigenvalue weighted by Gasteiger charge is -2.39. The Kier molecular flexibility index (Phi) is 16.0. The quantitative estimate of drug-likeness (QED) is 0.0583. The number of ether oxygens (including phenoxy) is 6. The fourth-order valence-corrected chi connectivity index (χ4v) is 8.71. The highest BCUT2D eigenvalue weighted by Crippen LogP contribution is 2.51. The number of hydrogen-bond acceptors (Lipinski definition) is 12. The van der Waals surface area contributed by atoms with Crippen molar-refractivity contribution in [2.45, 2.75) is 76.3 Å². The van der Waals surface area contributed by atoms with Crippen molar-refractivity contribution < 1.29 is 37.5 Å². The maximum absolute atomic E-state index is 13.4. The zero-order valence-electron chi connectivity index (χ0n) is 33.5. The van der Waals surface area contributed by atoms with Gasteiger partial charge in [-0.3, -0.25) is 14.3 Å². The van der Waals surface area contributed by atoms with Gasteiger partial charge in [0.1, 0.15) is 35.4 Å². The molecule has 0 amide bonds. The van der Waals surface area contributed by atoms with E-state index in [2.05, 4.69) is 15.7 Å². The molecule has 0 bridgehead atoms. The van der Waals surface area contributed by atoms with E-state index in [9.17, 15) is 14.9 Å². The molecule has 1 saturated heterocycles. The molecule has 5 rings (SSSR count). The number of H-pyrrole nitrogens is 1. The SMILES string of the molecule is COCCOC1[C@@H](OP(OCCC#N)N(C(C)C)C(C)C)[C@@H](COC(c2ccccc2)(c2ccc(OC)cc2)c2ccc(OC)cc2)O[C@H]1n1ccc(=O)[nH]c1=O. The Labute approximate surface area is 335 Å². The average molecular weight is 805 g/mol. The number of aromatic amines is 1. The van der Waals surface area contributed by atoms with Crippen LogP contribution >= 0.6 is 8.53 Å². The molecule has 1 aliphatic rings. The zero-order valence-corrected chi connectivity index (χ0v) is 34.4. The van der Waals surface area contributed by atoms with Gasteiger partial charge in [-0.15, -0.1) is 0 Å². The first kappa shape index (κ1) is 43.7. The highest BCUT2D eigenvalue weighted by Gasteiger charge is 2.51. The Morgan fingerprint density at radius 1 is 0.825 bits per heavy atom. The minimum Gasteiger partial charge on any atom is -0.497 e. The summed E-state index contributed by atoms with van der Waals surface area (Å²) in [4.78, 5) is 27.9. The smallest absolute Gasteiger partial charge is 0.330 e. The minimum absolute atomic E-state index is 0.00318. The number of nitrogens with zero attached hydrogens (tertiary/aromatic N) is 3. The number of nitriles is 1. The van der Waals surface area contributed by atoms with Gasteiger partial charge >= 0.3 is 5.69 Å². The molecule has 2 unspecified atom stereocenters. The number of aromatic nitrogens is 2. The van der Waals surface area contributed by atoms with Crippen LogP contribution in [-0.4, -0.2) is 92.4 Å². The maximum Gasteiger partial charge on any atom is 0.330 e. The van der Waals surface area contributed by atoms with Gasteiger partial charge in [0.05, 0.1) is 53.1 Å². The van der Waals surface area contributed by atoms with E-state index in [-0.39, 0.29) is 44.9 Å². The van der Waals surface area contributed by atoms with Crippen molar-refractivity contribution in [3.8, 4) is 17.6 Å². The van der Waals surface area contributed by atoms with Crippen molar-refractivity contribution >= 4 is 8.53 Å². The van der Waals surface area contributed by atoms with Crippen LogP contribution in [0.3, 0.4) is 0 Å². The monoisotopic (exact) mass is 804 g/mol. The van der Waals surface area contributed by atoms with E-state index in [1.165, 1.54) is 16.8 Å². The third-order valence-electron chi connectivity index (χ3n) is 9.52. The van der Waals surface area contributed by atoms with Gasteiger partial charge in [0.2, 0.25) is 0 Å². The first-order chi connectivity index (χ1) is 27.6. The van der Waals surface area contributed by atoms with Gasteiger partial charge in [0, 0.05) is 31.5 Å². The van der Waals surface area contributed by atoms with Crippen LogP contribution in [0.25, 0.3) is 0 Å². The molecule has 0 saturated carbocycles. The molecule has 1 aliphatic heterocycles. The van der Waals surface area contributed by atoms with Crippen molar-refractivity contribution in [1.82, 2.24) is 14.2 Å². The summed E-state index contributed by atoms with van der Waals surface area (Å²) >= 11 is 0. The largest absolute Gasteiger partial charge is 0.497 e. The summed E-state index contributed by atoms with van der Waals surface area (Å²) in [5, 5.41) is 9.40. The van der Waals surface area contributed by atoms with Gasteiger partial charge in [-0.1, -0.05) is 54.6 Å². The molecule has 3 aromatic carbocycles. The number of hydrogen-bond donors (Lipinski definition) is 1. The minimum atomic E-state index is -1.82. The molecule has 1 N–H and O–H groups in total. The van der Waals surface area contributed by atoms with Crippen molar-refractivity contribution in [1.29, 1.82) is 5.26 Å². The van der Waals surface area contributed by atoms with Crippen LogP contribution < -0.4 is 20.7 Å². The lowest BCUT2D eigenvalue weighted by Crippen LogP contribution is -2.43. The summed E-state index contributed by atoms with van der Waals surface area (Å²) in [7, 11) is 2.98. The summed E-state index contributed by atoms with van der Waals surface area (Å²) in [5.41, 5.74) is 0.0212. The van der Waals surface area contributed by atoms with Crippen LogP contribution in [0.4, 0.5) is 0 Å². The number of methoxy groups -OCH3 is 3. The van der Waals surface area contributed by atoms with Gasteiger partial charge in [-0.2, -0.15) is 5.26 Å². The van der Waals surface area contributed by atoms with Gasteiger partial charge in [-0.05, 0) is 68.7 Å². The highest BCUT2D eigenvalue weighted by atomic mass is 31.2. The average Bonchev–Trinajstić information content (AvgIpc) is 3.54. The normalized spacial score (nSPS) is 18.9. The molecule has 5 atom stereocenters. The van der Waals surface area contributed by atoms with Crippen LogP contribution in [-0.2, 0) is 33.6 Å². The van der Waals surface area contributed by atoms with Crippen LogP contribution in [0, 0.1) is 11.3 Å². The Balaban J connectivity index is 1.67. The predicted octanol–water partition coefficient (Wildman–Crippen LogP) is 6.15. The Hall–Kier alpha value is -4.42. The summed E-state index contributed by atoms with van der Waals surface area (Å²) in [6, 6.07) is 28.6. The zero-order chi connectivity index (χ0) is 41.0. The van der Waals surface area contributed by atoms with E-state index < -0.39 is 49.9 Å². The maximum atomic E-state index is 13.4. The van der Waals surface area contributed by atoms with E-state index in [0.29, 0.717) is 11.5 Å². The standard InChI is InChI=1S/C42H53N4O10P/c1-29(2)46(30(3)4)57(54-25-11-23-43)56-38-36(55-40(39(38)52-27-26-49-5)45-24-22-37(47)44-41(45)48)28-53-42(31-12-9-8-10-13-31,32-14-18-34(50-6)19-15-32)33-16-20-35(51-7)21-17-33/h8-10,12-22,24,29-30,36,38-40H,11,25-28H2,1-7H3,(H,44,47,48)/t36-,38+,39?,40-,57?/m1/s1. The molecule has 15 heteroatoms. The Morgan fingerprint density at radius 3 is 1.95 bits per heavy atom. The molecular weight excluding hydrogens is 751 g/mol. The van der Waals surface area contributed by atoms with Crippen LogP contribution in [0.5, 0.6) is 11.5 Å². The summed E-state index contributed by atoms with van der Waals surface area (Å²) < 4.78 is 53.7. The second-order valence-corrected chi connectivity index (χ2v) is 15.2. The van der Waals surface area contributed by atoms with E-state index in [1.807, 2.05) is 107 Å². The molecule has 2 heterocycles. The van der Waals surface area contributed by atoms with Gasteiger partial charge in [-0.25, -0.2) is 9.46 Å². The lowest BCUT2D eigenvalue weighted by molar-refractivity contribution is -0.0991. The summed E-state index contributed by atoms with van der Waals surface area (Å²) in [6.45, 7) is 8.65. The second kappa shape index (κ2) is 20.8. The van der Waals surface area contributed by atoms with Gasteiger partial charge in [0.15, 0.2) is 6.23 Å². The predicted molar refractivity (Wildman–Crippen MR) is 215 cm³/mol. The third kappa shape index (κ3) is 10.4. The van der Waals surface area contributed by atoms with E-state index in [4.69, 9.17) is 37.5 Å². The first-order valence-electron chi connectivity index (χ1n) is 18.9. The molecular formula is C42H53N4O10P. The molecule has 0 aliphatic carbocycles. The lowest BCUT2D eigenvalue weighted by atomic mass is 9.80. The number of nitrogens with one attached hydrogen (secondary N) is 1. The van der Waals surface area contributed by atoms with E-state index >= 15 is 0 Å². The van der Waals surface area contributed by atoms with Crippen molar-refractivity contribution in [2.24, 2.45) is 0 Å². The third-order valence-corrected chi connectivity index (χ3v) is 11.6. The number of benzene rings is 3. The number of rotatable bonds is 21. The fourth-order valence-electron chi connectivity index (χ4n) is 6.95. The van der Waals surface area contributed by atoms with Crippen molar-refractivity contribution in [3.05, 3.63) is 129 Å². The van der Waals surface area contributed by atoms with E-state index in [0.717, 1.165) is 16.7 Å². The van der Waals surface area contributed by atoms with Crippen LogP contribution in [0.15, 0.2) is 101 Å². The van der Waals surface area contributed by atoms with Gasteiger partial charge in [0.25, 0.3) is 14.1 Å². The first-order valence-corrected chi connectivity index (χ1v) is 20.0. The molecule has 57 heavy (non-hydrogen) atoms. The van der Waals surface area contributed by atoms with Crippen LogP contribution in [0.2, 0.25) is 0 Å². The topological polar surface area (TPSA) is 156 Å². The van der Waals surface area contributed by atoms with Crippen LogP contribution in [0.1, 0.15) is 57.0 Å². The Bertz CT molecular complexity index is 1930. The Morgan fingerprint density at radius 2 is 1.42 bits per heavy atom. The highest BCUT2D eigenvalue weighted by molar-refractivity contribution is 7.44. The molecule has 0 spiro atoms. The van der Waals surface area contributed by atoms with Crippen molar-refractivity contribution in [3.63, 3.8) is 0 Å². The molecule has 306 valence electrons. The fraction of sp³-hybridized carbons (Fsp3) is 0.452. The van der Waals surface area contributed by atoms with Crippen molar-refractivity contribution in [2.75, 3.05) is 47.8 Å². The summed E-state index contributed by atoms with van der Waals surface area (Å²) in [6.07, 6.45) is -2.18. The molecule has 0 radical (unpaired) electrons. The van der Waals surface area contributed by atoms with Gasteiger partial charge < -0.3 is 37.5 Å². The molecule has 1 aromatic heterocycles. The molecule has 14 nitrogen and oxygen atoms in total. The molecule has 1 fully saturated rings. The molecule has 4 aromatic rings.